The molecule has 8 heteroatoms. The summed E-state index contributed by atoms with van der Waals surface area (Å²) in [5.74, 6) is 0.146. The monoisotopic (exact) mass is 354 g/mol. The first kappa shape index (κ1) is 18.5. The third-order valence-corrected chi connectivity index (χ3v) is 4.70. The Morgan fingerprint density at radius 1 is 1.29 bits per heavy atom. The molecule has 3 rings (SSSR count). The molecular formula is C16H23ClN4O3. The lowest BCUT2D eigenvalue weighted by molar-refractivity contribution is -0.384. The maximum atomic E-state index is 12.5. The molecule has 0 aromatic heterocycles. The van der Waals surface area contributed by atoms with Crippen LogP contribution in [-0.2, 0) is 4.79 Å². The topological polar surface area (TPSA) is 87.5 Å². The number of anilines is 1. The predicted octanol–water partition coefficient (Wildman–Crippen LogP) is 2.17. The second-order valence-electron chi connectivity index (χ2n) is 6.13. The standard InChI is InChI=1S/C16H22N4O3.ClH/c21-16(19-12-5-6-13(19)11-17-9-7-12)8-10-18-14-3-1-2-4-15(14)20(22)23;/h1-4,12-13,17-18H,5-11H2;1H. The zero-order chi connectivity index (χ0) is 16.2. The summed E-state index contributed by atoms with van der Waals surface area (Å²) in [6.45, 7) is 2.26. The zero-order valence-corrected chi connectivity index (χ0v) is 14.3. The van der Waals surface area contributed by atoms with Gasteiger partial charge in [-0.05, 0) is 31.9 Å². The minimum absolute atomic E-state index is 0. The molecule has 24 heavy (non-hydrogen) atoms. The lowest BCUT2D eigenvalue weighted by Gasteiger charge is -2.28. The van der Waals surface area contributed by atoms with Crippen molar-refractivity contribution in [2.45, 2.75) is 37.8 Å². The molecule has 2 bridgehead atoms. The van der Waals surface area contributed by atoms with Crippen LogP contribution in [0.4, 0.5) is 11.4 Å². The number of carbonyl (C=O) groups excluding carboxylic acids is 1. The average Bonchev–Trinajstić information content (AvgIpc) is 2.80. The van der Waals surface area contributed by atoms with Gasteiger partial charge in [-0.1, -0.05) is 12.1 Å². The molecule has 2 unspecified atom stereocenters. The van der Waals surface area contributed by atoms with Crippen LogP contribution in [0.2, 0.25) is 0 Å². The number of benzene rings is 1. The van der Waals surface area contributed by atoms with E-state index in [2.05, 4.69) is 10.6 Å². The molecule has 2 N–H and O–H groups in total. The van der Waals surface area contributed by atoms with E-state index in [0.29, 0.717) is 30.7 Å². The van der Waals surface area contributed by atoms with Gasteiger partial charge >= 0.3 is 0 Å². The fraction of sp³-hybridized carbons (Fsp3) is 0.562. The number of rotatable bonds is 5. The van der Waals surface area contributed by atoms with Gasteiger partial charge in [0.15, 0.2) is 0 Å². The van der Waals surface area contributed by atoms with Crippen LogP contribution < -0.4 is 10.6 Å². The van der Waals surface area contributed by atoms with Crippen LogP contribution in [0, 0.1) is 10.1 Å². The Morgan fingerprint density at radius 2 is 2.04 bits per heavy atom. The van der Waals surface area contributed by atoms with Crippen LogP contribution in [-0.4, -0.2) is 47.4 Å². The largest absolute Gasteiger partial charge is 0.379 e. The highest BCUT2D eigenvalue weighted by Gasteiger charge is 2.37. The van der Waals surface area contributed by atoms with Crippen molar-refractivity contribution < 1.29 is 9.72 Å². The fourth-order valence-electron chi connectivity index (χ4n) is 3.61. The number of nitrogens with one attached hydrogen (secondary N) is 2. The summed E-state index contributed by atoms with van der Waals surface area (Å²) in [7, 11) is 0. The Balaban J connectivity index is 0.00000208. The Labute approximate surface area is 147 Å². The first-order valence-corrected chi connectivity index (χ1v) is 8.16. The first-order chi connectivity index (χ1) is 11.2. The summed E-state index contributed by atoms with van der Waals surface area (Å²) in [5.41, 5.74) is 0.504. The smallest absolute Gasteiger partial charge is 0.292 e. The molecule has 1 amide bonds. The van der Waals surface area contributed by atoms with Crippen LogP contribution in [0.3, 0.4) is 0 Å². The van der Waals surface area contributed by atoms with Crippen molar-refractivity contribution in [3.8, 4) is 0 Å². The van der Waals surface area contributed by atoms with E-state index in [-0.39, 0.29) is 24.0 Å². The summed E-state index contributed by atoms with van der Waals surface area (Å²) in [4.78, 5) is 25.2. The van der Waals surface area contributed by atoms with Crippen LogP contribution in [0.15, 0.2) is 24.3 Å². The van der Waals surface area contributed by atoms with Crippen molar-refractivity contribution in [2.24, 2.45) is 0 Å². The second-order valence-corrected chi connectivity index (χ2v) is 6.13. The highest BCUT2D eigenvalue weighted by Crippen LogP contribution is 2.28. The summed E-state index contributed by atoms with van der Waals surface area (Å²) >= 11 is 0. The summed E-state index contributed by atoms with van der Waals surface area (Å²) in [6.07, 6.45) is 3.54. The van der Waals surface area contributed by atoms with Crippen molar-refractivity contribution in [3.63, 3.8) is 0 Å². The maximum Gasteiger partial charge on any atom is 0.292 e. The lowest BCUT2D eigenvalue weighted by atomic mass is 10.1. The van der Waals surface area contributed by atoms with Crippen molar-refractivity contribution >= 4 is 29.7 Å². The Kier molecular flexibility index (Phi) is 6.39. The van der Waals surface area contributed by atoms with E-state index in [9.17, 15) is 14.9 Å². The van der Waals surface area contributed by atoms with Gasteiger partial charge in [0.2, 0.25) is 5.91 Å². The molecular weight excluding hydrogens is 332 g/mol. The van der Waals surface area contributed by atoms with Crippen LogP contribution >= 0.6 is 12.4 Å². The van der Waals surface area contributed by atoms with Gasteiger partial charge < -0.3 is 15.5 Å². The molecule has 2 heterocycles. The number of fused-ring (bicyclic) bond motifs is 2. The molecule has 1 aromatic rings. The van der Waals surface area contributed by atoms with Gasteiger partial charge in [-0.25, -0.2) is 0 Å². The van der Waals surface area contributed by atoms with Crippen molar-refractivity contribution in [1.29, 1.82) is 0 Å². The van der Waals surface area contributed by atoms with Gasteiger partial charge in [0.05, 0.1) is 4.92 Å². The number of nitro benzene ring substituents is 1. The number of para-hydroxylation sites is 2. The average molecular weight is 355 g/mol. The van der Waals surface area contributed by atoms with E-state index in [1.807, 2.05) is 4.90 Å². The maximum absolute atomic E-state index is 12.5. The molecule has 0 saturated carbocycles. The fourth-order valence-corrected chi connectivity index (χ4v) is 3.61. The van der Waals surface area contributed by atoms with Crippen LogP contribution in [0.1, 0.15) is 25.7 Å². The van der Waals surface area contributed by atoms with E-state index in [1.54, 1.807) is 18.2 Å². The normalized spacial score (nSPS) is 22.4. The summed E-state index contributed by atoms with van der Waals surface area (Å²) in [6, 6.07) is 7.18. The summed E-state index contributed by atoms with van der Waals surface area (Å²) in [5, 5.41) is 17.4. The number of halogens is 1. The molecule has 2 fully saturated rings. The number of nitro groups is 1. The van der Waals surface area contributed by atoms with E-state index in [4.69, 9.17) is 0 Å². The first-order valence-electron chi connectivity index (χ1n) is 8.16. The molecule has 2 atom stereocenters. The Hall–Kier alpha value is -1.86. The quantitative estimate of drug-likeness (QED) is 0.625. The van der Waals surface area contributed by atoms with E-state index >= 15 is 0 Å². The van der Waals surface area contributed by atoms with Crippen molar-refractivity contribution in [2.75, 3.05) is 25.0 Å². The zero-order valence-electron chi connectivity index (χ0n) is 13.4. The van der Waals surface area contributed by atoms with Crippen LogP contribution in [0.25, 0.3) is 0 Å². The van der Waals surface area contributed by atoms with Gasteiger partial charge in [0.1, 0.15) is 5.69 Å². The third kappa shape index (κ3) is 3.96. The third-order valence-electron chi connectivity index (χ3n) is 4.70. The predicted molar refractivity (Wildman–Crippen MR) is 94.6 cm³/mol. The Bertz CT molecular complexity index is 584. The van der Waals surface area contributed by atoms with E-state index in [1.165, 1.54) is 6.07 Å². The summed E-state index contributed by atoms with van der Waals surface area (Å²) < 4.78 is 0. The SMILES string of the molecule is Cl.O=C(CCNc1ccccc1[N+](=O)[O-])N1C2CCNCC1CC2. The highest BCUT2D eigenvalue weighted by atomic mass is 35.5. The minimum Gasteiger partial charge on any atom is -0.379 e. The van der Waals surface area contributed by atoms with Crippen molar-refractivity contribution in [3.05, 3.63) is 34.4 Å². The number of nitrogens with zero attached hydrogens (tertiary/aromatic N) is 2. The van der Waals surface area contributed by atoms with E-state index < -0.39 is 4.92 Å². The minimum atomic E-state index is -0.412. The molecule has 0 radical (unpaired) electrons. The van der Waals surface area contributed by atoms with Gasteiger partial charge in [0.25, 0.3) is 5.69 Å². The number of hydrogen-bond acceptors (Lipinski definition) is 5. The lowest BCUT2D eigenvalue weighted by Crippen LogP contribution is -2.43. The molecule has 2 aliphatic rings. The number of carbonyl (C=O) groups is 1. The molecule has 0 spiro atoms. The molecule has 132 valence electrons. The molecule has 1 aromatic carbocycles. The molecule has 2 saturated heterocycles. The van der Waals surface area contributed by atoms with Crippen LogP contribution in [0.5, 0.6) is 0 Å². The van der Waals surface area contributed by atoms with Gasteiger partial charge in [-0.2, -0.15) is 0 Å². The molecule has 7 nitrogen and oxygen atoms in total. The molecule has 2 aliphatic heterocycles. The van der Waals surface area contributed by atoms with E-state index in [0.717, 1.165) is 32.4 Å². The van der Waals surface area contributed by atoms with Crippen molar-refractivity contribution in [1.82, 2.24) is 10.2 Å². The van der Waals surface area contributed by atoms with Gasteiger partial charge in [-0.15, -0.1) is 12.4 Å². The Morgan fingerprint density at radius 3 is 2.83 bits per heavy atom. The number of hydrogen-bond donors (Lipinski definition) is 2. The van der Waals surface area contributed by atoms with Gasteiger partial charge in [0, 0.05) is 37.7 Å². The number of amides is 1. The highest BCUT2D eigenvalue weighted by molar-refractivity contribution is 5.85. The van der Waals surface area contributed by atoms with Gasteiger partial charge in [-0.3, -0.25) is 14.9 Å². The molecule has 0 aliphatic carbocycles. The second kappa shape index (κ2) is 8.30.